The Morgan fingerprint density at radius 2 is 1.63 bits per heavy atom. The van der Waals surface area contributed by atoms with E-state index in [4.69, 9.17) is 5.11 Å². The standard InChI is InChI=1S/C13H9I2NO3/c14-10-6-16(7-11(15)12(10)17)5-8-1-3-9(4-2-8)13(18)19/h1-4,6-7H,5H2,(H,18,19). The van der Waals surface area contributed by atoms with E-state index in [9.17, 15) is 9.59 Å². The van der Waals surface area contributed by atoms with Gasteiger partial charge in [0.05, 0.1) is 12.7 Å². The first-order valence-electron chi connectivity index (χ1n) is 5.34. The van der Waals surface area contributed by atoms with Crippen LogP contribution in [-0.2, 0) is 6.54 Å². The predicted octanol–water partition coefficient (Wildman–Crippen LogP) is 2.80. The number of benzene rings is 1. The Labute approximate surface area is 136 Å². The van der Waals surface area contributed by atoms with Crippen LogP contribution in [0.25, 0.3) is 0 Å². The van der Waals surface area contributed by atoms with Gasteiger partial charge in [0, 0.05) is 18.9 Å². The van der Waals surface area contributed by atoms with Crippen LogP contribution in [0.2, 0.25) is 0 Å². The summed E-state index contributed by atoms with van der Waals surface area (Å²) in [5, 5.41) is 8.83. The molecule has 6 heteroatoms. The van der Waals surface area contributed by atoms with E-state index in [-0.39, 0.29) is 11.0 Å². The van der Waals surface area contributed by atoms with Gasteiger partial charge in [-0.3, -0.25) is 4.79 Å². The molecule has 1 aromatic carbocycles. The van der Waals surface area contributed by atoms with Crippen molar-refractivity contribution < 1.29 is 9.90 Å². The lowest BCUT2D eigenvalue weighted by Crippen LogP contribution is -2.14. The summed E-state index contributed by atoms with van der Waals surface area (Å²) in [5.41, 5.74) is 1.30. The minimum atomic E-state index is -0.931. The smallest absolute Gasteiger partial charge is 0.335 e. The van der Waals surface area contributed by atoms with Crippen molar-refractivity contribution in [2.24, 2.45) is 0 Å². The number of rotatable bonds is 3. The number of carboxylic acid groups (broad SMARTS) is 1. The van der Waals surface area contributed by atoms with Crippen molar-refractivity contribution in [1.82, 2.24) is 4.57 Å². The average molecular weight is 481 g/mol. The van der Waals surface area contributed by atoms with Gasteiger partial charge >= 0.3 is 5.97 Å². The highest BCUT2D eigenvalue weighted by Crippen LogP contribution is 2.09. The highest BCUT2D eigenvalue weighted by Gasteiger charge is 2.05. The second-order valence-corrected chi connectivity index (χ2v) is 6.28. The van der Waals surface area contributed by atoms with Crippen LogP contribution >= 0.6 is 45.2 Å². The molecule has 2 aromatic rings. The highest BCUT2D eigenvalue weighted by molar-refractivity contribution is 14.1. The van der Waals surface area contributed by atoms with E-state index in [1.807, 2.05) is 49.7 Å². The lowest BCUT2D eigenvalue weighted by atomic mass is 10.1. The Balaban J connectivity index is 2.26. The summed E-state index contributed by atoms with van der Waals surface area (Å²) in [6, 6.07) is 6.72. The molecule has 0 saturated carbocycles. The summed E-state index contributed by atoms with van der Waals surface area (Å²) in [6.45, 7) is 0.603. The van der Waals surface area contributed by atoms with Crippen LogP contribution in [0.4, 0.5) is 0 Å². The third-order valence-electron chi connectivity index (χ3n) is 2.56. The molecule has 0 aliphatic carbocycles. The van der Waals surface area contributed by atoms with Gasteiger partial charge in [0.25, 0.3) is 0 Å². The third kappa shape index (κ3) is 3.56. The van der Waals surface area contributed by atoms with Gasteiger partial charge in [-0.1, -0.05) is 12.1 Å². The first kappa shape index (κ1) is 14.5. The topological polar surface area (TPSA) is 59.3 Å². The Hall–Kier alpha value is -0.900. The zero-order chi connectivity index (χ0) is 14.0. The summed E-state index contributed by atoms with van der Waals surface area (Å²) in [5.74, 6) is -0.931. The first-order chi connectivity index (χ1) is 8.97. The molecule has 98 valence electrons. The molecule has 0 fully saturated rings. The summed E-state index contributed by atoms with van der Waals surface area (Å²) in [4.78, 5) is 22.4. The van der Waals surface area contributed by atoms with E-state index < -0.39 is 5.97 Å². The molecule has 0 spiro atoms. The van der Waals surface area contributed by atoms with E-state index in [1.165, 1.54) is 0 Å². The summed E-state index contributed by atoms with van der Waals surface area (Å²) in [7, 11) is 0. The number of nitrogens with zero attached hydrogens (tertiary/aromatic N) is 1. The Bertz CT molecular complexity index is 651. The van der Waals surface area contributed by atoms with E-state index in [0.29, 0.717) is 13.7 Å². The fourth-order valence-electron chi connectivity index (χ4n) is 1.61. The van der Waals surface area contributed by atoms with Crippen molar-refractivity contribution in [3.63, 3.8) is 0 Å². The summed E-state index contributed by atoms with van der Waals surface area (Å²) in [6.07, 6.45) is 3.58. The van der Waals surface area contributed by atoms with Crippen LogP contribution in [0.3, 0.4) is 0 Å². The first-order valence-corrected chi connectivity index (χ1v) is 7.50. The number of carboxylic acids is 1. The Kier molecular flexibility index (Phi) is 4.61. The minimum absolute atomic E-state index is 0.0404. The van der Waals surface area contributed by atoms with Crippen LogP contribution in [-0.4, -0.2) is 15.6 Å². The quantitative estimate of drug-likeness (QED) is 0.687. The fourth-order valence-corrected chi connectivity index (χ4v) is 3.43. The Morgan fingerprint density at radius 1 is 1.11 bits per heavy atom. The molecule has 0 aliphatic rings. The zero-order valence-electron chi connectivity index (χ0n) is 9.64. The zero-order valence-corrected chi connectivity index (χ0v) is 14.0. The summed E-state index contributed by atoms with van der Waals surface area (Å²) >= 11 is 4.03. The average Bonchev–Trinajstić information content (AvgIpc) is 2.36. The molecular weight excluding hydrogens is 472 g/mol. The van der Waals surface area contributed by atoms with Crippen molar-refractivity contribution in [3.8, 4) is 0 Å². The van der Waals surface area contributed by atoms with Gasteiger partial charge in [-0.05, 0) is 62.9 Å². The lowest BCUT2D eigenvalue weighted by molar-refractivity contribution is 0.0697. The molecular formula is C13H9I2NO3. The molecule has 2 rings (SSSR count). The molecule has 19 heavy (non-hydrogen) atoms. The van der Waals surface area contributed by atoms with Crippen LogP contribution in [0, 0.1) is 7.14 Å². The molecule has 0 amide bonds. The van der Waals surface area contributed by atoms with Crippen molar-refractivity contribution in [1.29, 1.82) is 0 Å². The van der Waals surface area contributed by atoms with Crippen LogP contribution in [0.1, 0.15) is 15.9 Å². The number of pyridine rings is 1. The monoisotopic (exact) mass is 481 g/mol. The molecule has 1 heterocycles. The molecule has 4 nitrogen and oxygen atoms in total. The number of carbonyl (C=O) groups is 1. The van der Waals surface area contributed by atoms with Gasteiger partial charge in [0.1, 0.15) is 0 Å². The van der Waals surface area contributed by atoms with Crippen LogP contribution < -0.4 is 5.43 Å². The van der Waals surface area contributed by atoms with Gasteiger partial charge in [0.15, 0.2) is 0 Å². The number of aromatic carboxylic acids is 1. The second kappa shape index (κ2) is 6.04. The highest BCUT2D eigenvalue weighted by atomic mass is 127. The van der Waals surface area contributed by atoms with E-state index >= 15 is 0 Å². The molecule has 0 unspecified atom stereocenters. The molecule has 0 saturated heterocycles. The second-order valence-electron chi connectivity index (χ2n) is 3.96. The van der Waals surface area contributed by atoms with Gasteiger partial charge in [0.2, 0.25) is 5.43 Å². The molecule has 0 aliphatic heterocycles. The number of hydrogen-bond acceptors (Lipinski definition) is 2. The molecule has 0 radical (unpaired) electrons. The number of halogens is 2. The molecule has 1 N–H and O–H groups in total. The lowest BCUT2D eigenvalue weighted by Gasteiger charge is -2.08. The maximum atomic E-state index is 11.6. The summed E-state index contributed by atoms with van der Waals surface area (Å²) < 4.78 is 3.26. The molecule has 1 aromatic heterocycles. The molecule has 0 atom stereocenters. The van der Waals surface area contributed by atoms with E-state index in [1.54, 1.807) is 36.7 Å². The maximum absolute atomic E-state index is 11.6. The van der Waals surface area contributed by atoms with Gasteiger partial charge in [-0.2, -0.15) is 0 Å². The SMILES string of the molecule is O=C(O)c1ccc(Cn2cc(I)c(=O)c(I)c2)cc1. The van der Waals surface area contributed by atoms with E-state index in [0.717, 1.165) is 5.56 Å². The maximum Gasteiger partial charge on any atom is 0.335 e. The van der Waals surface area contributed by atoms with Crippen molar-refractivity contribution in [2.45, 2.75) is 6.54 Å². The normalized spacial score (nSPS) is 10.4. The van der Waals surface area contributed by atoms with Crippen molar-refractivity contribution in [2.75, 3.05) is 0 Å². The Morgan fingerprint density at radius 3 is 2.11 bits per heavy atom. The fraction of sp³-hybridized carbons (Fsp3) is 0.0769. The number of aromatic nitrogens is 1. The van der Waals surface area contributed by atoms with Gasteiger partial charge in [-0.15, -0.1) is 0 Å². The van der Waals surface area contributed by atoms with Crippen LogP contribution in [0.15, 0.2) is 41.5 Å². The molecule has 0 bridgehead atoms. The van der Waals surface area contributed by atoms with Crippen molar-refractivity contribution in [3.05, 3.63) is 65.1 Å². The predicted molar refractivity (Wildman–Crippen MR) is 88.6 cm³/mol. The van der Waals surface area contributed by atoms with Gasteiger partial charge < -0.3 is 9.67 Å². The van der Waals surface area contributed by atoms with Crippen LogP contribution in [0.5, 0.6) is 0 Å². The number of hydrogen-bond donors (Lipinski definition) is 1. The third-order valence-corrected chi connectivity index (χ3v) is 4.10. The largest absolute Gasteiger partial charge is 0.478 e. The van der Waals surface area contributed by atoms with Crippen molar-refractivity contribution >= 4 is 51.2 Å². The minimum Gasteiger partial charge on any atom is -0.478 e. The van der Waals surface area contributed by atoms with Gasteiger partial charge in [-0.25, -0.2) is 4.79 Å². The van der Waals surface area contributed by atoms with E-state index in [2.05, 4.69) is 0 Å².